The Bertz CT molecular complexity index is 127. The molecule has 0 spiro atoms. The largest absolute Gasteiger partial charge is 0.340 e. The van der Waals surface area contributed by atoms with E-state index in [-0.39, 0.29) is 5.91 Å². The zero-order valence-corrected chi connectivity index (χ0v) is 7.43. The van der Waals surface area contributed by atoms with Gasteiger partial charge in [0.15, 0.2) is 0 Å². The number of carbonyl (C=O) groups is 1. The molecule has 3 heteroatoms. The van der Waals surface area contributed by atoms with Crippen LogP contribution in [-0.4, -0.2) is 30.1 Å². The fourth-order valence-corrected chi connectivity index (χ4v) is 1.00. The standard InChI is InChI=1S/C6H10FNO.C2H6/c1-5(9)8-3-2-6(7)4-8;1-2/h6H,2-4H2,1H3;1-2H3. The molecule has 0 radical (unpaired) electrons. The van der Waals surface area contributed by atoms with Crippen LogP contribution in [0.15, 0.2) is 0 Å². The zero-order chi connectivity index (χ0) is 8.85. The predicted octanol–water partition coefficient (Wildman–Crippen LogP) is 1.60. The summed E-state index contributed by atoms with van der Waals surface area (Å²) in [6.45, 7) is 6.36. The maximum absolute atomic E-state index is 12.3. The Balaban J connectivity index is 0.000000461. The molecule has 1 unspecified atom stereocenters. The highest BCUT2D eigenvalue weighted by Gasteiger charge is 2.22. The number of amides is 1. The van der Waals surface area contributed by atoms with Crippen LogP contribution in [0.4, 0.5) is 4.39 Å². The molecule has 1 aliphatic heterocycles. The van der Waals surface area contributed by atoms with Gasteiger partial charge in [0, 0.05) is 13.5 Å². The first-order valence-electron chi connectivity index (χ1n) is 4.09. The van der Waals surface area contributed by atoms with Gasteiger partial charge in [-0.2, -0.15) is 0 Å². The predicted molar refractivity (Wildman–Crippen MR) is 43.1 cm³/mol. The van der Waals surface area contributed by atoms with Crippen LogP contribution in [0.25, 0.3) is 0 Å². The van der Waals surface area contributed by atoms with Gasteiger partial charge in [-0.25, -0.2) is 4.39 Å². The van der Waals surface area contributed by atoms with Crippen LogP contribution >= 0.6 is 0 Å². The van der Waals surface area contributed by atoms with Crippen LogP contribution in [0, 0.1) is 0 Å². The smallest absolute Gasteiger partial charge is 0.219 e. The Hall–Kier alpha value is -0.600. The van der Waals surface area contributed by atoms with E-state index in [1.54, 1.807) is 0 Å². The molecule has 1 heterocycles. The van der Waals surface area contributed by atoms with Crippen LogP contribution in [-0.2, 0) is 4.79 Å². The summed E-state index contributed by atoms with van der Waals surface area (Å²) in [6.07, 6.45) is -0.270. The summed E-state index contributed by atoms with van der Waals surface area (Å²) < 4.78 is 12.3. The normalized spacial score (nSPS) is 22.5. The Kier molecular flexibility index (Phi) is 4.83. The maximum Gasteiger partial charge on any atom is 0.219 e. The summed E-state index contributed by atoms with van der Waals surface area (Å²) in [7, 11) is 0. The highest BCUT2D eigenvalue weighted by atomic mass is 19.1. The first-order valence-corrected chi connectivity index (χ1v) is 4.09. The van der Waals surface area contributed by atoms with E-state index in [0.29, 0.717) is 19.5 Å². The van der Waals surface area contributed by atoms with E-state index in [1.807, 2.05) is 13.8 Å². The fraction of sp³-hybridized carbons (Fsp3) is 0.875. The number of halogens is 1. The third kappa shape index (κ3) is 3.35. The molecule has 1 fully saturated rings. The molecular weight excluding hydrogens is 145 g/mol. The number of likely N-dealkylation sites (tertiary alicyclic amines) is 1. The zero-order valence-electron chi connectivity index (χ0n) is 7.43. The van der Waals surface area contributed by atoms with Gasteiger partial charge in [0.2, 0.25) is 5.91 Å². The lowest BCUT2D eigenvalue weighted by molar-refractivity contribution is -0.127. The summed E-state index contributed by atoms with van der Waals surface area (Å²) >= 11 is 0. The van der Waals surface area contributed by atoms with Crippen LogP contribution in [0.1, 0.15) is 27.2 Å². The lowest BCUT2D eigenvalue weighted by Crippen LogP contribution is -2.25. The monoisotopic (exact) mass is 161 g/mol. The van der Waals surface area contributed by atoms with Crippen molar-refractivity contribution in [1.29, 1.82) is 0 Å². The van der Waals surface area contributed by atoms with Gasteiger partial charge in [-0.1, -0.05) is 13.8 Å². The summed E-state index contributed by atoms with van der Waals surface area (Å²) in [5.74, 6) is -0.0184. The minimum Gasteiger partial charge on any atom is -0.340 e. The van der Waals surface area contributed by atoms with Crippen molar-refractivity contribution in [2.45, 2.75) is 33.4 Å². The van der Waals surface area contributed by atoms with Gasteiger partial charge < -0.3 is 4.90 Å². The molecular formula is C8H16FNO. The van der Waals surface area contributed by atoms with E-state index in [0.717, 1.165) is 0 Å². The molecule has 1 amide bonds. The quantitative estimate of drug-likeness (QED) is 0.528. The second-order valence-electron chi connectivity index (χ2n) is 2.35. The molecule has 0 aromatic carbocycles. The maximum atomic E-state index is 12.3. The number of carbonyl (C=O) groups excluding carboxylic acids is 1. The first-order chi connectivity index (χ1) is 5.20. The van der Waals surface area contributed by atoms with Crippen molar-refractivity contribution >= 4 is 5.91 Å². The number of nitrogens with zero attached hydrogens (tertiary/aromatic N) is 1. The highest BCUT2D eigenvalue weighted by Crippen LogP contribution is 2.11. The van der Waals surface area contributed by atoms with Crippen LogP contribution in [0.2, 0.25) is 0 Å². The van der Waals surface area contributed by atoms with Crippen molar-refractivity contribution in [3.63, 3.8) is 0 Å². The van der Waals surface area contributed by atoms with Crippen molar-refractivity contribution in [3.05, 3.63) is 0 Å². The van der Waals surface area contributed by atoms with Gasteiger partial charge in [0.25, 0.3) is 0 Å². The molecule has 1 saturated heterocycles. The molecule has 0 bridgehead atoms. The van der Waals surface area contributed by atoms with Gasteiger partial charge in [0.05, 0.1) is 6.54 Å². The third-order valence-corrected chi connectivity index (χ3v) is 1.58. The van der Waals surface area contributed by atoms with Crippen molar-refractivity contribution < 1.29 is 9.18 Å². The van der Waals surface area contributed by atoms with E-state index in [1.165, 1.54) is 11.8 Å². The van der Waals surface area contributed by atoms with E-state index in [4.69, 9.17) is 0 Å². The van der Waals surface area contributed by atoms with Gasteiger partial charge >= 0.3 is 0 Å². The van der Waals surface area contributed by atoms with Crippen LogP contribution in [0.5, 0.6) is 0 Å². The Morgan fingerprint density at radius 3 is 2.27 bits per heavy atom. The molecule has 0 saturated carbocycles. The van der Waals surface area contributed by atoms with Crippen LogP contribution < -0.4 is 0 Å². The van der Waals surface area contributed by atoms with Crippen molar-refractivity contribution in [3.8, 4) is 0 Å². The molecule has 1 atom stereocenters. The van der Waals surface area contributed by atoms with Crippen molar-refractivity contribution in [2.24, 2.45) is 0 Å². The van der Waals surface area contributed by atoms with Gasteiger partial charge in [-0.3, -0.25) is 4.79 Å². The SMILES string of the molecule is CC.CC(=O)N1CCC(F)C1. The lowest BCUT2D eigenvalue weighted by Gasteiger charge is -2.10. The average molecular weight is 161 g/mol. The van der Waals surface area contributed by atoms with Crippen molar-refractivity contribution in [1.82, 2.24) is 4.90 Å². The second kappa shape index (κ2) is 5.10. The minimum atomic E-state index is -0.783. The van der Waals surface area contributed by atoms with Gasteiger partial charge in [-0.05, 0) is 6.42 Å². The lowest BCUT2D eigenvalue weighted by atomic mass is 10.3. The molecule has 11 heavy (non-hydrogen) atoms. The average Bonchev–Trinajstić information content (AvgIpc) is 2.40. The Labute approximate surface area is 67.4 Å². The Morgan fingerprint density at radius 2 is 2.09 bits per heavy atom. The molecule has 0 aromatic heterocycles. The number of hydrogen-bond acceptors (Lipinski definition) is 1. The topological polar surface area (TPSA) is 20.3 Å². The summed E-state index contributed by atoms with van der Waals surface area (Å²) in [4.78, 5) is 12.1. The molecule has 0 aliphatic carbocycles. The second-order valence-corrected chi connectivity index (χ2v) is 2.35. The third-order valence-electron chi connectivity index (χ3n) is 1.58. The summed E-state index contributed by atoms with van der Waals surface area (Å²) in [5, 5.41) is 0. The Morgan fingerprint density at radius 1 is 1.55 bits per heavy atom. The number of alkyl halides is 1. The van der Waals surface area contributed by atoms with Crippen molar-refractivity contribution in [2.75, 3.05) is 13.1 Å². The van der Waals surface area contributed by atoms with Gasteiger partial charge in [-0.15, -0.1) is 0 Å². The number of hydrogen-bond donors (Lipinski definition) is 0. The highest BCUT2D eigenvalue weighted by molar-refractivity contribution is 5.73. The van der Waals surface area contributed by atoms with E-state index >= 15 is 0 Å². The van der Waals surface area contributed by atoms with E-state index in [2.05, 4.69) is 0 Å². The molecule has 2 nitrogen and oxygen atoms in total. The molecule has 0 aromatic rings. The summed E-state index contributed by atoms with van der Waals surface area (Å²) in [6, 6.07) is 0. The molecule has 1 aliphatic rings. The van der Waals surface area contributed by atoms with E-state index < -0.39 is 6.17 Å². The molecule has 0 N–H and O–H groups in total. The first kappa shape index (κ1) is 10.4. The molecule has 1 rings (SSSR count). The fourth-order valence-electron chi connectivity index (χ4n) is 1.00. The van der Waals surface area contributed by atoms with Gasteiger partial charge in [0.1, 0.15) is 6.17 Å². The minimum absolute atomic E-state index is 0.0184. The summed E-state index contributed by atoms with van der Waals surface area (Å²) in [5.41, 5.74) is 0. The molecule has 66 valence electrons. The van der Waals surface area contributed by atoms with E-state index in [9.17, 15) is 9.18 Å². The van der Waals surface area contributed by atoms with Crippen LogP contribution in [0.3, 0.4) is 0 Å². The number of rotatable bonds is 0.